The zero-order chi connectivity index (χ0) is 13.1. The maximum atomic E-state index is 11.9. The van der Waals surface area contributed by atoms with Crippen LogP contribution in [0.3, 0.4) is 0 Å². The van der Waals surface area contributed by atoms with E-state index in [1.54, 1.807) is 0 Å². The van der Waals surface area contributed by atoms with Gasteiger partial charge in [0.2, 0.25) is 0 Å². The normalized spacial score (nSPS) is 10.3. The molecular formula is C13H12N2O3. The second kappa shape index (κ2) is 4.83. The average Bonchev–Trinajstić information content (AvgIpc) is 2.40. The third-order valence-electron chi connectivity index (χ3n) is 2.75. The van der Waals surface area contributed by atoms with Crippen molar-refractivity contribution in [2.45, 2.75) is 6.54 Å². The van der Waals surface area contributed by atoms with Crippen LogP contribution < -0.4 is 11.2 Å². The first-order valence-electron chi connectivity index (χ1n) is 5.43. The molecule has 0 radical (unpaired) electrons. The minimum atomic E-state index is -0.492. The van der Waals surface area contributed by atoms with E-state index in [9.17, 15) is 14.4 Å². The fourth-order valence-corrected chi connectivity index (χ4v) is 1.71. The van der Waals surface area contributed by atoms with Gasteiger partial charge in [0.25, 0.3) is 5.56 Å². The molecule has 0 unspecified atom stereocenters. The van der Waals surface area contributed by atoms with E-state index in [2.05, 4.69) is 0 Å². The molecule has 0 fully saturated rings. The molecule has 5 heteroatoms. The van der Waals surface area contributed by atoms with Gasteiger partial charge in [0.05, 0.1) is 12.2 Å². The number of hydrogen-bond acceptors (Lipinski definition) is 3. The molecule has 18 heavy (non-hydrogen) atoms. The summed E-state index contributed by atoms with van der Waals surface area (Å²) < 4.78 is 2.26. The number of carbonyl (C=O) groups excluding carboxylic acids is 1. The standard InChI is InChI=1S/C13H12N2O3/c1-14-11(9-16)7-12(17)15(13(14)18)8-10-5-3-2-4-6-10/h2-7,9H,8H2,1H3. The van der Waals surface area contributed by atoms with Crippen molar-refractivity contribution in [2.75, 3.05) is 0 Å². The third-order valence-corrected chi connectivity index (χ3v) is 2.75. The number of aromatic nitrogens is 2. The van der Waals surface area contributed by atoms with E-state index < -0.39 is 11.2 Å². The van der Waals surface area contributed by atoms with Gasteiger partial charge in [-0.2, -0.15) is 0 Å². The molecule has 0 bridgehead atoms. The Bertz CT molecular complexity index is 684. The van der Waals surface area contributed by atoms with E-state index in [4.69, 9.17) is 0 Å². The van der Waals surface area contributed by atoms with Crippen LogP contribution in [-0.2, 0) is 13.6 Å². The monoisotopic (exact) mass is 244 g/mol. The Morgan fingerprint density at radius 3 is 2.44 bits per heavy atom. The molecule has 0 amide bonds. The van der Waals surface area contributed by atoms with Crippen LogP contribution in [-0.4, -0.2) is 15.4 Å². The molecule has 0 saturated heterocycles. The Morgan fingerprint density at radius 2 is 1.83 bits per heavy atom. The van der Waals surface area contributed by atoms with Crippen molar-refractivity contribution in [1.29, 1.82) is 0 Å². The molecule has 1 heterocycles. The summed E-state index contributed by atoms with van der Waals surface area (Å²) in [6.45, 7) is 0.200. The topological polar surface area (TPSA) is 61.1 Å². The highest BCUT2D eigenvalue weighted by Gasteiger charge is 2.08. The quantitative estimate of drug-likeness (QED) is 0.735. The molecule has 1 aromatic carbocycles. The van der Waals surface area contributed by atoms with Crippen LogP contribution in [0.15, 0.2) is 46.0 Å². The molecule has 0 saturated carbocycles. The highest BCUT2D eigenvalue weighted by molar-refractivity contribution is 5.71. The molecule has 0 aliphatic heterocycles. The van der Waals surface area contributed by atoms with Gasteiger partial charge in [-0.05, 0) is 5.56 Å². The Morgan fingerprint density at radius 1 is 1.17 bits per heavy atom. The third kappa shape index (κ3) is 2.15. The minimum absolute atomic E-state index is 0.0781. The van der Waals surface area contributed by atoms with E-state index in [0.717, 1.165) is 20.8 Å². The fourth-order valence-electron chi connectivity index (χ4n) is 1.71. The SMILES string of the molecule is Cn1c(C=O)cc(=O)n(Cc2ccccc2)c1=O. The lowest BCUT2D eigenvalue weighted by Crippen LogP contribution is -2.40. The van der Waals surface area contributed by atoms with Crippen molar-refractivity contribution in [3.63, 3.8) is 0 Å². The van der Waals surface area contributed by atoms with Crippen molar-refractivity contribution in [3.05, 3.63) is 68.5 Å². The van der Waals surface area contributed by atoms with Gasteiger partial charge in [-0.25, -0.2) is 4.79 Å². The highest BCUT2D eigenvalue weighted by atomic mass is 16.2. The lowest BCUT2D eigenvalue weighted by molar-refractivity contribution is 0.111. The lowest BCUT2D eigenvalue weighted by atomic mass is 10.2. The van der Waals surface area contributed by atoms with E-state index in [1.807, 2.05) is 30.3 Å². The van der Waals surface area contributed by atoms with Crippen LogP contribution in [0, 0.1) is 0 Å². The summed E-state index contributed by atoms with van der Waals surface area (Å²) in [5.74, 6) is 0. The maximum Gasteiger partial charge on any atom is 0.331 e. The van der Waals surface area contributed by atoms with Gasteiger partial charge >= 0.3 is 5.69 Å². The highest BCUT2D eigenvalue weighted by Crippen LogP contribution is 1.98. The van der Waals surface area contributed by atoms with Crippen molar-refractivity contribution < 1.29 is 4.79 Å². The van der Waals surface area contributed by atoms with Gasteiger partial charge in [-0.3, -0.25) is 18.7 Å². The summed E-state index contributed by atoms with van der Waals surface area (Å²) >= 11 is 0. The van der Waals surface area contributed by atoms with Gasteiger partial charge in [0.1, 0.15) is 0 Å². The number of rotatable bonds is 3. The Balaban J connectivity index is 2.53. The van der Waals surface area contributed by atoms with Gasteiger partial charge in [-0.1, -0.05) is 30.3 Å². The van der Waals surface area contributed by atoms with Crippen molar-refractivity contribution in [3.8, 4) is 0 Å². The van der Waals surface area contributed by atoms with Crippen molar-refractivity contribution in [2.24, 2.45) is 7.05 Å². The summed E-state index contributed by atoms with van der Waals surface area (Å²) in [5.41, 5.74) is -0.0256. The van der Waals surface area contributed by atoms with Gasteiger partial charge in [0, 0.05) is 13.1 Å². The number of aldehydes is 1. The number of benzene rings is 1. The molecule has 0 aliphatic rings. The largest absolute Gasteiger partial charge is 0.331 e. The first-order valence-corrected chi connectivity index (χ1v) is 5.43. The van der Waals surface area contributed by atoms with Crippen LogP contribution in [0.2, 0.25) is 0 Å². The molecule has 5 nitrogen and oxygen atoms in total. The zero-order valence-corrected chi connectivity index (χ0v) is 9.87. The average molecular weight is 244 g/mol. The summed E-state index contributed by atoms with van der Waals surface area (Å²) in [5, 5.41) is 0. The number of carbonyl (C=O) groups is 1. The number of nitrogens with zero attached hydrogens (tertiary/aromatic N) is 2. The predicted molar refractivity (Wildman–Crippen MR) is 66.9 cm³/mol. The summed E-state index contributed by atoms with van der Waals surface area (Å²) in [7, 11) is 1.47. The first-order chi connectivity index (χ1) is 8.63. The molecule has 0 spiro atoms. The molecule has 0 atom stereocenters. The van der Waals surface area contributed by atoms with Gasteiger partial charge < -0.3 is 0 Å². The molecular weight excluding hydrogens is 232 g/mol. The van der Waals surface area contributed by atoms with Gasteiger partial charge in [-0.15, -0.1) is 0 Å². The Hall–Kier alpha value is -2.43. The zero-order valence-electron chi connectivity index (χ0n) is 9.87. The fraction of sp³-hybridized carbons (Fsp3) is 0.154. The van der Waals surface area contributed by atoms with E-state index in [1.165, 1.54) is 7.05 Å². The Kier molecular flexibility index (Phi) is 3.23. The summed E-state index contributed by atoms with van der Waals surface area (Å²) in [6.07, 6.45) is 0.496. The van der Waals surface area contributed by atoms with E-state index in [0.29, 0.717) is 6.29 Å². The summed E-state index contributed by atoms with van der Waals surface area (Å²) in [6, 6.07) is 10.4. The van der Waals surface area contributed by atoms with Crippen LogP contribution >= 0.6 is 0 Å². The molecule has 1 aromatic heterocycles. The predicted octanol–water partition coefficient (Wildman–Crippen LogP) is 0.408. The molecule has 0 N–H and O–H groups in total. The smallest absolute Gasteiger partial charge is 0.296 e. The second-order valence-electron chi connectivity index (χ2n) is 3.94. The Labute approximate surface area is 103 Å². The van der Waals surface area contributed by atoms with Crippen LogP contribution in [0.1, 0.15) is 16.1 Å². The molecule has 2 aromatic rings. The minimum Gasteiger partial charge on any atom is -0.296 e. The molecule has 0 aliphatic carbocycles. The lowest BCUT2D eigenvalue weighted by Gasteiger charge is -2.08. The van der Waals surface area contributed by atoms with Crippen LogP contribution in [0.4, 0.5) is 0 Å². The van der Waals surface area contributed by atoms with E-state index >= 15 is 0 Å². The maximum absolute atomic E-state index is 11.9. The molecule has 92 valence electrons. The molecule has 2 rings (SSSR count). The van der Waals surface area contributed by atoms with Crippen molar-refractivity contribution >= 4 is 6.29 Å². The van der Waals surface area contributed by atoms with Crippen LogP contribution in [0.5, 0.6) is 0 Å². The van der Waals surface area contributed by atoms with Gasteiger partial charge in [0.15, 0.2) is 6.29 Å². The second-order valence-corrected chi connectivity index (χ2v) is 3.94. The van der Waals surface area contributed by atoms with Crippen molar-refractivity contribution in [1.82, 2.24) is 9.13 Å². The number of hydrogen-bond donors (Lipinski definition) is 0. The van der Waals surface area contributed by atoms with E-state index in [-0.39, 0.29) is 12.2 Å². The first kappa shape index (κ1) is 12.0. The summed E-state index contributed by atoms with van der Waals surface area (Å²) in [4.78, 5) is 34.4. The van der Waals surface area contributed by atoms with Crippen LogP contribution in [0.25, 0.3) is 0 Å².